The topological polar surface area (TPSA) is 100.0 Å². The quantitative estimate of drug-likeness (QED) is 0.655. The molecule has 0 saturated carbocycles. The summed E-state index contributed by atoms with van der Waals surface area (Å²) in [5.41, 5.74) is 3.05. The fraction of sp³-hybridized carbons (Fsp3) is 0.458. The average Bonchev–Trinajstić information content (AvgIpc) is 2.69. The number of aliphatic carboxylic acids is 1. The molecular formula is C24H32N2O5. The van der Waals surface area contributed by atoms with Crippen molar-refractivity contribution < 1.29 is 24.5 Å². The van der Waals surface area contributed by atoms with Crippen LogP contribution in [0.1, 0.15) is 60.8 Å². The van der Waals surface area contributed by atoms with Crippen LogP contribution in [0.3, 0.4) is 0 Å². The van der Waals surface area contributed by atoms with E-state index in [4.69, 9.17) is 4.74 Å². The molecule has 2 aromatic rings. The van der Waals surface area contributed by atoms with Crippen molar-refractivity contribution in [2.24, 2.45) is 5.92 Å². The number of rotatable bonds is 8. The number of methoxy groups -OCH3 is 1. The molecule has 2 rings (SSSR count). The number of pyridine rings is 1. The number of carbonyl (C=O) groups excluding carboxylic acids is 1. The fourth-order valence-electron chi connectivity index (χ4n) is 4.26. The second kappa shape index (κ2) is 9.81. The van der Waals surface area contributed by atoms with E-state index in [1.807, 2.05) is 32.9 Å². The Hall–Kier alpha value is -3.09. The summed E-state index contributed by atoms with van der Waals surface area (Å²) in [6.45, 7) is 11.5. The standard InChI is InChI=1S/C24H32N2O5/c1-13(2)20(18-9-8-14(3)12-15(18)4)16(5)26(17(6)24(29)30)23(28)21-22(27)19(31-7)10-11-25-21/h8-13,16-17,20,27H,1-7H3,(H,29,30)/t16?,17-,20+/m0/s1. The first-order chi connectivity index (χ1) is 14.5. The van der Waals surface area contributed by atoms with Crippen LogP contribution in [0.4, 0.5) is 0 Å². The minimum atomic E-state index is -1.13. The summed E-state index contributed by atoms with van der Waals surface area (Å²) in [6.07, 6.45) is 1.35. The van der Waals surface area contributed by atoms with Crippen LogP contribution in [0, 0.1) is 19.8 Å². The summed E-state index contributed by atoms with van der Waals surface area (Å²) in [5, 5.41) is 20.2. The van der Waals surface area contributed by atoms with Crippen LogP contribution < -0.4 is 4.74 Å². The Morgan fingerprint density at radius 2 is 1.74 bits per heavy atom. The van der Waals surface area contributed by atoms with Gasteiger partial charge in [-0.25, -0.2) is 9.78 Å². The second-order valence-corrected chi connectivity index (χ2v) is 8.31. The maximum absolute atomic E-state index is 13.5. The number of amides is 1. The molecule has 0 aliphatic rings. The minimum absolute atomic E-state index is 0.101. The van der Waals surface area contributed by atoms with Crippen molar-refractivity contribution in [3.05, 3.63) is 52.8 Å². The Morgan fingerprint density at radius 3 is 2.26 bits per heavy atom. The highest BCUT2D eigenvalue weighted by Gasteiger charge is 2.38. The van der Waals surface area contributed by atoms with Crippen LogP contribution in [-0.2, 0) is 4.79 Å². The van der Waals surface area contributed by atoms with Gasteiger partial charge in [0.2, 0.25) is 0 Å². The zero-order chi connectivity index (χ0) is 23.5. The largest absolute Gasteiger partial charge is 0.503 e. The number of hydrogen-bond donors (Lipinski definition) is 2. The third-order valence-corrected chi connectivity index (χ3v) is 5.78. The normalized spacial score (nSPS) is 14.1. The van der Waals surface area contributed by atoms with E-state index in [-0.39, 0.29) is 23.3 Å². The minimum Gasteiger partial charge on any atom is -0.503 e. The van der Waals surface area contributed by atoms with E-state index < -0.39 is 29.7 Å². The van der Waals surface area contributed by atoms with Crippen molar-refractivity contribution in [3.63, 3.8) is 0 Å². The van der Waals surface area contributed by atoms with Crippen molar-refractivity contribution in [3.8, 4) is 11.5 Å². The predicted molar refractivity (Wildman–Crippen MR) is 119 cm³/mol. The van der Waals surface area contributed by atoms with E-state index in [0.717, 1.165) is 16.7 Å². The van der Waals surface area contributed by atoms with Crippen LogP contribution in [-0.4, -0.2) is 51.2 Å². The molecule has 1 aromatic carbocycles. The van der Waals surface area contributed by atoms with E-state index in [1.54, 1.807) is 0 Å². The second-order valence-electron chi connectivity index (χ2n) is 8.31. The molecule has 0 saturated heterocycles. The monoisotopic (exact) mass is 428 g/mol. The van der Waals surface area contributed by atoms with E-state index >= 15 is 0 Å². The number of nitrogens with zero attached hydrogens (tertiary/aromatic N) is 2. The van der Waals surface area contributed by atoms with Gasteiger partial charge in [-0.15, -0.1) is 0 Å². The Labute approximate surface area is 183 Å². The molecular weight excluding hydrogens is 396 g/mol. The number of carboxylic acid groups (broad SMARTS) is 1. The Balaban J connectivity index is 2.61. The van der Waals surface area contributed by atoms with Gasteiger partial charge in [-0.3, -0.25) is 4.79 Å². The van der Waals surface area contributed by atoms with Gasteiger partial charge in [0.1, 0.15) is 6.04 Å². The summed E-state index contributed by atoms with van der Waals surface area (Å²) < 4.78 is 5.09. The number of hydrogen-bond acceptors (Lipinski definition) is 5. The molecule has 7 nitrogen and oxygen atoms in total. The van der Waals surface area contributed by atoms with Gasteiger partial charge in [0, 0.05) is 24.2 Å². The smallest absolute Gasteiger partial charge is 0.326 e. The summed E-state index contributed by atoms with van der Waals surface area (Å²) in [5.74, 6) is -2.10. The maximum atomic E-state index is 13.5. The third-order valence-electron chi connectivity index (χ3n) is 5.78. The molecule has 0 aliphatic heterocycles. The van der Waals surface area contributed by atoms with E-state index in [1.165, 1.54) is 31.2 Å². The van der Waals surface area contributed by atoms with E-state index in [2.05, 4.69) is 24.9 Å². The summed E-state index contributed by atoms with van der Waals surface area (Å²) in [4.78, 5) is 30.8. The van der Waals surface area contributed by atoms with E-state index in [0.29, 0.717) is 0 Å². The lowest BCUT2D eigenvalue weighted by molar-refractivity contribution is -0.142. The zero-order valence-electron chi connectivity index (χ0n) is 19.2. The van der Waals surface area contributed by atoms with Crippen LogP contribution >= 0.6 is 0 Å². The Kier molecular flexibility index (Phi) is 7.65. The molecule has 1 heterocycles. The predicted octanol–water partition coefficient (Wildman–Crippen LogP) is 4.16. The van der Waals surface area contributed by atoms with Crippen molar-refractivity contribution in [2.45, 2.75) is 59.5 Å². The molecule has 0 bridgehead atoms. The van der Waals surface area contributed by atoms with Gasteiger partial charge >= 0.3 is 5.97 Å². The first kappa shape index (κ1) is 24.2. The lowest BCUT2D eigenvalue weighted by atomic mass is 9.79. The van der Waals surface area contributed by atoms with E-state index in [9.17, 15) is 19.8 Å². The van der Waals surface area contributed by atoms with Gasteiger partial charge in [-0.2, -0.15) is 0 Å². The third kappa shape index (κ3) is 4.98. The van der Waals surface area contributed by atoms with Crippen LogP contribution in [0.2, 0.25) is 0 Å². The van der Waals surface area contributed by atoms with Gasteiger partial charge < -0.3 is 19.8 Å². The fourth-order valence-corrected chi connectivity index (χ4v) is 4.26. The first-order valence-electron chi connectivity index (χ1n) is 10.4. The molecule has 0 fully saturated rings. The van der Waals surface area contributed by atoms with Crippen LogP contribution in [0.15, 0.2) is 30.5 Å². The average molecular weight is 429 g/mol. The molecule has 0 radical (unpaired) electrons. The molecule has 0 spiro atoms. The Morgan fingerprint density at radius 1 is 1.10 bits per heavy atom. The van der Waals surface area contributed by atoms with Crippen LogP contribution in [0.5, 0.6) is 11.5 Å². The lowest BCUT2D eigenvalue weighted by Gasteiger charge is -2.39. The SMILES string of the molecule is COc1ccnc(C(=O)N(C(C)[C@H](c2ccc(C)cc2C)C(C)C)[C@@H](C)C(=O)O)c1O. The maximum Gasteiger partial charge on any atom is 0.326 e. The summed E-state index contributed by atoms with van der Waals surface area (Å²) in [6, 6.07) is 5.98. The highest BCUT2D eigenvalue weighted by Crippen LogP contribution is 2.36. The molecule has 7 heteroatoms. The Bertz CT molecular complexity index is 957. The number of carbonyl (C=O) groups is 2. The summed E-state index contributed by atoms with van der Waals surface area (Å²) in [7, 11) is 1.37. The molecule has 1 aromatic heterocycles. The summed E-state index contributed by atoms with van der Waals surface area (Å²) >= 11 is 0. The van der Waals surface area contributed by atoms with Crippen molar-refractivity contribution in [2.75, 3.05) is 7.11 Å². The van der Waals surface area contributed by atoms with Crippen molar-refractivity contribution in [1.82, 2.24) is 9.88 Å². The zero-order valence-corrected chi connectivity index (χ0v) is 19.2. The molecule has 0 aliphatic carbocycles. The number of aromatic nitrogens is 1. The highest BCUT2D eigenvalue weighted by molar-refractivity contribution is 5.98. The van der Waals surface area contributed by atoms with Gasteiger partial charge in [0.25, 0.3) is 5.91 Å². The molecule has 2 N–H and O–H groups in total. The van der Waals surface area contributed by atoms with Gasteiger partial charge in [0.15, 0.2) is 17.2 Å². The van der Waals surface area contributed by atoms with Crippen molar-refractivity contribution in [1.29, 1.82) is 0 Å². The van der Waals surface area contributed by atoms with Crippen LogP contribution in [0.25, 0.3) is 0 Å². The lowest BCUT2D eigenvalue weighted by Crippen LogP contribution is -2.51. The first-order valence-corrected chi connectivity index (χ1v) is 10.4. The number of benzene rings is 1. The van der Waals surface area contributed by atoms with Gasteiger partial charge in [-0.1, -0.05) is 37.6 Å². The molecule has 1 amide bonds. The highest BCUT2D eigenvalue weighted by atomic mass is 16.5. The van der Waals surface area contributed by atoms with Gasteiger partial charge in [-0.05, 0) is 44.7 Å². The van der Waals surface area contributed by atoms with Crippen molar-refractivity contribution >= 4 is 11.9 Å². The molecule has 168 valence electrons. The van der Waals surface area contributed by atoms with Gasteiger partial charge in [0.05, 0.1) is 7.11 Å². The number of ether oxygens (including phenoxy) is 1. The molecule has 31 heavy (non-hydrogen) atoms. The number of aromatic hydroxyl groups is 1. The number of aryl methyl sites for hydroxylation is 2. The number of carboxylic acids is 1. The molecule has 3 atom stereocenters. The molecule has 1 unspecified atom stereocenters.